The fourth-order valence-electron chi connectivity index (χ4n) is 7.53. The first-order chi connectivity index (χ1) is 22.7. The van der Waals surface area contributed by atoms with E-state index >= 15 is 0 Å². The summed E-state index contributed by atoms with van der Waals surface area (Å²) in [6, 6.07) is 9.43. The number of fused-ring (bicyclic) bond motifs is 2. The molecule has 0 saturated carbocycles. The molecule has 2 N–H and O–H groups in total. The molecular formula is C34H43BrN9O2P. The Kier molecular flexibility index (Phi) is 9.13. The Morgan fingerprint density at radius 2 is 1.70 bits per heavy atom. The van der Waals surface area contributed by atoms with Crippen molar-refractivity contribution < 1.29 is 9.30 Å². The second-order valence-electron chi connectivity index (χ2n) is 13.3. The second-order valence-corrected chi connectivity index (χ2v) is 17.3. The third-order valence-electron chi connectivity index (χ3n) is 9.85. The normalized spacial score (nSPS) is 19.6. The van der Waals surface area contributed by atoms with Gasteiger partial charge in [-0.05, 0) is 92.2 Å². The Bertz CT molecular complexity index is 1830. The zero-order valence-corrected chi connectivity index (χ0v) is 30.0. The minimum atomic E-state index is -2.73. The summed E-state index contributed by atoms with van der Waals surface area (Å²) in [5.74, 6) is 1.67. The van der Waals surface area contributed by atoms with Gasteiger partial charge in [0.1, 0.15) is 24.2 Å². The van der Waals surface area contributed by atoms with Crippen LogP contribution in [0.2, 0.25) is 0 Å². The maximum absolute atomic E-state index is 13.4. The lowest BCUT2D eigenvalue weighted by molar-refractivity contribution is 0.0623. The minimum absolute atomic E-state index is 0.405. The van der Waals surface area contributed by atoms with Crippen LogP contribution in [-0.4, -0.2) is 102 Å². The zero-order valence-electron chi connectivity index (χ0n) is 27.5. The van der Waals surface area contributed by atoms with Crippen molar-refractivity contribution in [2.75, 3.05) is 75.2 Å². The lowest BCUT2D eigenvalue weighted by Gasteiger charge is -2.45. The number of ether oxygens (including phenoxy) is 1. The van der Waals surface area contributed by atoms with Crippen molar-refractivity contribution >= 4 is 68.2 Å². The van der Waals surface area contributed by atoms with E-state index < -0.39 is 7.14 Å². The number of aryl methyl sites for hydroxylation is 1. The fourth-order valence-corrected chi connectivity index (χ4v) is 9.22. The van der Waals surface area contributed by atoms with E-state index in [1.54, 1.807) is 39.0 Å². The number of halogens is 1. The van der Waals surface area contributed by atoms with Crippen LogP contribution >= 0.6 is 23.1 Å². The molecule has 1 atom stereocenters. The maximum Gasteiger partial charge on any atom is 0.229 e. The second kappa shape index (κ2) is 13.3. The van der Waals surface area contributed by atoms with Gasteiger partial charge in [0.05, 0.1) is 33.8 Å². The first-order valence-electron chi connectivity index (χ1n) is 16.5. The highest BCUT2D eigenvalue weighted by atomic mass is 79.9. The first-order valence-corrected chi connectivity index (χ1v) is 19.8. The van der Waals surface area contributed by atoms with Gasteiger partial charge < -0.3 is 24.8 Å². The summed E-state index contributed by atoms with van der Waals surface area (Å²) in [7, 11) is -1.04. The molecule has 7 rings (SSSR count). The Morgan fingerprint density at radius 3 is 2.49 bits per heavy atom. The van der Waals surface area contributed by atoms with E-state index in [9.17, 15) is 4.57 Å². The van der Waals surface area contributed by atoms with E-state index in [0.717, 1.165) is 30.6 Å². The minimum Gasteiger partial charge on any atom is -0.494 e. The molecule has 2 aromatic carbocycles. The predicted octanol–water partition coefficient (Wildman–Crippen LogP) is 5.98. The van der Waals surface area contributed by atoms with Gasteiger partial charge in [0, 0.05) is 75.2 Å². The van der Waals surface area contributed by atoms with Gasteiger partial charge in [-0.15, -0.1) is 0 Å². The molecule has 3 aliphatic rings. The van der Waals surface area contributed by atoms with Crippen molar-refractivity contribution in [2.24, 2.45) is 0 Å². The Hall–Kier alpha value is -3.31. The van der Waals surface area contributed by atoms with Crippen LogP contribution in [0, 0.1) is 6.92 Å². The molecule has 3 fully saturated rings. The molecule has 0 spiro atoms. The van der Waals surface area contributed by atoms with E-state index in [1.807, 2.05) is 12.1 Å². The third-order valence-corrected chi connectivity index (χ3v) is 12.0. The van der Waals surface area contributed by atoms with Crippen molar-refractivity contribution in [3.63, 3.8) is 0 Å². The summed E-state index contributed by atoms with van der Waals surface area (Å²) >= 11 is 3.59. The van der Waals surface area contributed by atoms with Crippen LogP contribution in [0.3, 0.4) is 0 Å². The highest BCUT2D eigenvalue weighted by Gasteiger charge is 2.35. The number of nitrogens with zero attached hydrogens (tertiary/aromatic N) is 7. The van der Waals surface area contributed by atoms with Crippen LogP contribution in [0.25, 0.3) is 11.0 Å². The molecule has 2 aromatic heterocycles. The molecule has 0 aliphatic carbocycles. The quantitative estimate of drug-likeness (QED) is 0.210. The van der Waals surface area contributed by atoms with Crippen molar-refractivity contribution in [2.45, 2.75) is 44.7 Å². The smallest absolute Gasteiger partial charge is 0.229 e. The number of piperazine rings is 1. The highest BCUT2D eigenvalue weighted by Crippen LogP contribution is 2.42. The van der Waals surface area contributed by atoms with Gasteiger partial charge in [0.25, 0.3) is 0 Å². The first kappa shape index (κ1) is 32.2. The number of hydrogen-bond donors (Lipinski definition) is 2. The van der Waals surface area contributed by atoms with Crippen molar-refractivity contribution in [1.29, 1.82) is 0 Å². The van der Waals surface area contributed by atoms with Crippen molar-refractivity contribution in [3.8, 4) is 5.75 Å². The number of nitrogens with one attached hydrogen (secondary N) is 2. The van der Waals surface area contributed by atoms with Crippen LogP contribution < -0.4 is 25.6 Å². The number of piperidine rings is 1. The fraction of sp³-hybridized carbons (Fsp3) is 0.471. The topological polar surface area (TPSA) is 112 Å². The van der Waals surface area contributed by atoms with Crippen molar-refractivity contribution in [3.05, 3.63) is 52.9 Å². The van der Waals surface area contributed by atoms with Gasteiger partial charge in [0.2, 0.25) is 5.95 Å². The number of hydrogen-bond acceptors (Lipinski definition) is 11. The summed E-state index contributed by atoms with van der Waals surface area (Å²) in [6.45, 7) is 12.7. The molecule has 0 amide bonds. The zero-order chi connectivity index (χ0) is 32.7. The molecule has 4 aromatic rings. The van der Waals surface area contributed by atoms with Crippen LogP contribution in [0.1, 0.15) is 31.2 Å². The van der Waals surface area contributed by atoms with Crippen molar-refractivity contribution in [1.82, 2.24) is 29.7 Å². The van der Waals surface area contributed by atoms with E-state index in [1.165, 1.54) is 63.1 Å². The molecule has 5 heterocycles. The molecule has 47 heavy (non-hydrogen) atoms. The molecule has 13 heteroatoms. The Labute approximate surface area is 285 Å². The van der Waals surface area contributed by atoms with E-state index in [0.29, 0.717) is 44.3 Å². The van der Waals surface area contributed by atoms with Gasteiger partial charge >= 0.3 is 0 Å². The number of benzene rings is 2. The van der Waals surface area contributed by atoms with E-state index in [-0.39, 0.29) is 0 Å². The van der Waals surface area contributed by atoms with Crippen LogP contribution in [0.15, 0.2) is 47.3 Å². The van der Waals surface area contributed by atoms with Gasteiger partial charge in [-0.3, -0.25) is 19.8 Å². The van der Waals surface area contributed by atoms with Crippen LogP contribution in [-0.2, 0) is 4.57 Å². The molecule has 3 saturated heterocycles. The molecule has 11 nitrogen and oxygen atoms in total. The molecule has 0 bridgehead atoms. The number of anilines is 5. The lowest BCUT2D eigenvalue weighted by Crippen LogP contribution is -2.55. The van der Waals surface area contributed by atoms with Gasteiger partial charge in [-0.2, -0.15) is 4.98 Å². The average molecular weight is 721 g/mol. The standard InChI is InChI=1S/C34H43BrN9O2P/c1-22-18-28(30(46-2)19-29(22)43-14-9-23(10-15-43)44-17-16-42-13-5-6-24(42)21-44)40-34-38-20-25(35)33(41-34)39-27-8-7-26-31(37-12-11-36-26)32(27)47(3,4)45/h7-8,11-12,18-20,23-24H,5-6,9-10,13-17,21H2,1-4H3,(H2,38,39,40,41). The SMILES string of the molecule is COc1cc(N2CCC(N3CCN4CCCC4C3)CC2)c(C)cc1Nc1ncc(Br)c(Nc2ccc3nccnc3c2P(C)(C)=O)n1. The number of rotatable bonds is 8. The summed E-state index contributed by atoms with van der Waals surface area (Å²) in [5, 5.41) is 7.39. The lowest BCUT2D eigenvalue weighted by atomic mass is 9.99. The monoisotopic (exact) mass is 719 g/mol. The van der Waals surface area contributed by atoms with Crippen LogP contribution in [0.5, 0.6) is 5.75 Å². The highest BCUT2D eigenvalue weighted by molar-refractivity contribution is 9.10. The van der Waals surface area contributed by atoms with Crippen LogP contribution in [0.4, 0.5) is 28.8 Å². The summed E-state index contributed by atoms with van der Waals surface area (Å²) in [5.41, 5.74) is 5.15. The summed E-state index contributed by atoms with van der Waals surface area (Å²) in [6.07, 6.45) is 10.0. The summed E-state index contributed by atoms with van der Waals surface area (Å²) in [4.78, 5) is 26.2. The largest absolute Gasteiger partial charge is 0.494 e. The van der Waals surface area contributed by atoms with Gasteiger partial charge in [-0.1, -0.05) is 0 Å². The molecule has 248 valence electrons. The average Bonchev–Trinajstić information content (AvgIpc) is 3.54. The summed E-state index contributed by atoms with van der Waals surface area (Å²) < 4.78 is 20.0. The molecule has 0 radical (unpaired) electrons. The Balaban J connectivity index is 1.07. The third kappa shape index (κ3) is 6.70. The number of aromatic nitrogens is 4. The maximum atomic E-state index is 13.4. The van der Waals surface area contributed by atoms with Gasteiger partial charge in [-0.25, -0.2) is 4.98 Å². The van der Waals surface area contributed by atoms with E-state index in [4.69, 9.17) is 9.72 Å². The predicted molar refractivity (Wildman–Crippen MR) is 194 cm³/mol. The van der Waals surface area contributed by atoms with E-state index in [2.05, 4.69) is 75.3 Å². The molecule has 1 unspecified atom stereocenters. The molecule has 3 aliphatic heterocycles. The van der Waals surface area contributed by atoms with Gasteiger partial charge in [0.15, 0.2) is 0 Å². The Morgan fingerprint density at radius 1 is 0.915 bits per heavy atom. The number of methoxy groups -OCH3 is 1. The molecular weight excluding hydrogens is 677 g/mol.